The van der Waals surface area contributed by atoms with E-state index < -0.39 is 0 Å². The first-order valence-corrected chi connectivity index (χ1v) is 9.71. The zero-order valence-corrected chi connectivity index (χ0v) is 17.9. The van der Waals surface area contributed by atoms with E-state index in [0.717, 1.165) is 41.9 Å². The summed E-state index contributed by atoms with van der Waals surface area (Å²) in [5, 5.41) is 11.7. The fourth-order valence-corrected chi connectivity index (χ4v) is 3.56. The maximum Gasteiger partial charge on any atom is 0.191 e. The third kappa shape index (κ3) is 6.28. The predicted octanol–water partition coefficient (Wildman–Crippen LogP) is 4.48. The molecular formula is C21H31ClN4O. The maximum atomic E-state index is 6.10. The van der Waals surface area contributed by atoms with Gasteiger partial charge in [0.1, 0.15) is 5.76 Å². The second-order valence-corrected chi connectivity index (χ2v) is 8.35. The van der Waals surface area contributed by atoms with Crippen LogP contribution < -0.4 is 10.6 Å². The zero-order chi connectivity index (χ0) is 20.0. The minimum Gasteiger partial charge on any atom is -0.361 e. The van der Waals surface area contributed by atoms with Crippen molar-refractivity contribution < 1.29 is 4.52 Å². The van der Waals surface area contributed by atoms with Crippen LogP contribution in [-0.4, -0.2) is 31.3 Å². The monoisotopic (exact) mass is 390 g/mol. The molecule has 0 spiro atoms. The van der Waals surface area contributed by atoms with E-state index in [4.69, 9.17) is 16.1 Å². The lowest BCUT2D eigenvalue weighted by Gasteiger charge is -2.26. The van der Waals surface area contributed by atoms with Gasteiger partial charge in [-0.2, -0.15) is 0 Å². The molecule has 5 nitrogen and oxygen atoms in total. The molecule has 0 aliphatic rings. The third-order valence-electron chi connectivity index (χ3n) is 4.69. The quantitative estimate of drug-likeness (QED) is 0.540. The first kappa shape index (κ1) is 21.3. The van der Waals surface area contributed by atoms with Crippen LogP contribution in [0.15, 0.2) is 33.8 Å². The first-order chi connectivity index (χ1) is 12.7. The fourth-order valence-electron chi connectivity index (χ4n) is 3.35. The van der Waals surface area contributed by atoms with Gasteiger partial charge in [0.05, 0.1) is 5.69 Å². The Morgan fingerprint density at radius 2 is 2.04 bits per heavy atom. The molecule has 0 bridgehead atoms. The van der Waals surface area contributed by atoms with E-state index >= 15 is 0 Å². The Morgan fingerprint density at radius 1 is 1.30 bits per heavy atom. The highest BCUT2D eigenvalue weighted by molar-refractivity contribution is 6.30. The summed E-state index contributed by atoms with van der Waals surface area (Å²) >= 11 is 6.10. The van der Waals surface area contributed by atoms with Crippen molar-refractivity contribution in [2.24, 2.45) is 10.4 Å². The van der Waals surface area contributed by atoms with Crippen LogP contribution in [-0.2, 0) is 6.42 Å². The summed E-state index contributed by atoms with van der Waals surface area (Å²) in [5.74, 6) is 1.97. The number of hydrogen-bond donors (Lipinski definition) is 2. The molecule has 2 rings (SSSR count). The van der Waals surface area contributed by atoms with Crippen molar-refractivity contribution in [2.75, 3.05) is 20.1 Å². The molecule has 6 heteroatoms. The molecule has 0 saturated heterocycles. The van der Waals surface area contributed by atoms with E-state index in [1.54, 1.807) is 7.05 Å². The molecular weight excluding hydrogens is 360 g/mol. The number of halogens is 1. The molecule has 2 N–H and O–H groups in total. The number of aliphatic imine (C=N–C) groups is 1. The van der Waals surface area contributed by atoms with Crippen molar-refractivity contribution >= 4 is 17.6 Å². The number of hydrogen-bond acceptors (Lipinski definition) is 3. The summed E-state index contributed by atoms with van der Waals surface area (Å²) in [7, 11) is 1.79. The van der Waals surface area contributed by atoms with Crippen LogP contribution in [0.2, 0.25) is 5.02 Å². The number of benzene rings is 1. The largest absolute Gasteiger partial charge is 0.361 e. The smallest absolute Gasteiger partial charge is 0.191 e. The lowest BCUT2D eigenvalue weighted by Crippen LogP contribution is -2.43. The third-order valence-corrected chi connectivity index (χ3v) is 4.92. The highest BCUT2D eigenvalue weighted by Gasteiger charge is 2.20. The van der Waals surface area contributed by atoms with Crippen LogP contribution in [0.1, 0.15) is 49.3 Å². The van der Waals surface area contributed by atoms with E-state index in [0.29, 0.717) is 0 Å². The second-order valence-electron chi connectivity index (χ2n) is 7.92. The lowest BCUT2D eigenvalue weighted by molar-refractivity contribution is 0.359. The highest BCUT2D eigenvalue weighted by atomic mass is 35.5. The molecule has 1 atom stereocenters. The fraction of sp³-hybridized carbons (Fsp3) is 0.524. The standard InChI is InChI=1S/C21H31ClN4O/c1-14(19-15(2)26-27-16(19)3)12-24-20(23-6)25-13-21(4,5)11-17-8-7-9-18(22)10-17/h7-10,14H,11-13H2,1-6H3,(H2,23,24,25). The van der Waals surface area contributed by atoms with E-state index in [-0.39, 0.29) is 11.3 Å². The Hall–Kier alpha value is -2.01. The van der Waals surface area contributed by atoms with Crippen LogP contribution in [0, 0.1) is 19.3 Å². The summed E-state index contributed by atoms with van der Waals surface area (Å²) in [6, 6.07) is 8.05. The van der Waals surface area contributed by atoms with Gasteiger partial charge in [-0.3, -0.25) is 4.99 Å². The molecule has 1 aromatic carbocycles. The molecule has 148 valence electrons. The van der Waals surface area contributed by atoms with Crippen molar-refractivity contribution in [2.45, 2.75) is 47.0 Å². The van der Waals surface area contributed by atoms with Gasteiger partial charge in [-0.1, -0.05) is 49.7 Å². The minimum absolute atomic E-state index is 0.0651. The lowest BCUT2D eigenvalue weighted by atomic mass is 9.86. The van der Waals surface area contributed by atoms with Crippen molar-refractivity contribution in [1.29, 1.82) is 0 Å². The Labute approximate surface area is 167 Å². The molecule has 0 radical (unpaired) electrons. The van der Waals surface area contributed by atoms with Crippen molar-refractivity contribution in [1.82, 2.24) is 15.8 Å². The van der Waals surface area contributed by atoms with Crippen molar-refractivity contribution in [3.63, 3.8) is 0 Å². The molecule has 0 aliphatic heterocycles. The summed E-state index contributed by atoms with van der Waals surface area (Å²) in [4.78, 5) is 4.34. The molecule has 1 unspecified atom stereocenters. The zero-order valence-electron chi connectivity index (χ0n) is 17.2. The molecule has 0 amide bonds. The Balaban J connectivity index is 1.87. The van der Waals surface area contributed by atoms with Gasteiger partial charge < -0.3 is 15.2 Å². The molecule has 27 heavy (non-hydrogen) atoms. The number of nitrogens with one attached hydrogen (secondary N) is 2. The van der Waals surface area contributed by atoms with Gasteiger partial charge in [-0.05, 0) is 43.4 Å². The van der Waals surface area contributed by atoms with Crippen LogP contribution in [0.3, 0.4) is 0 Å². The summed E-state index contributed by atoms with van der Waals surface area (Å²) in [6.07, 6.45) is 0.938. The minimum atomic E-state index is 0.0651. The van der Waals surface area contributed by atoms with E-state index in [2.05, 4.69) is 47.6 Å². The summed E-state index contributed by atoms with van der Waals surface area (Å²) < 4.78 is 5.27. The maximum absolute atomic E-state index is 6.10. The van der Waals surface area contributed by atoms with Gasteiger partial charge >= 0.3 is 0 Å². The van der Waals surface area contributed by atoms with Gasteiger partial charge in [0, 0.05) is 36.6 Å². The van der Waals surface area contributed by atoms with Gasteiger partial charge in [0.2, 0.25) is 0 Å². The number of rotatable bonds is 7. The Morgan fingerprint density at radius 3 is 2.63 bits per heavy atom. The van der Waals surface area contributed by atoms with Gasteiger partial charge in [-0.15, -0.1) is 0 Å². The number of guanidine groups is 1. The molecule has 1 aromatic heterocycles. The predicted molar refractivity (Wildman–Crippen MR) is 113 cm³/mol. The first-order valence-electron chi connectivity index (χ1n) is 9.33. The highest BCUT2D eigenvalue weighted by Crippen LogP contribution is 2.23. The van der Waals surface area contributed by atoms with Gasteiger partial charge in [0.25, 0.3) is 0 Å². The number of aromatic nitrogens is 1. The van der Waals surface area contributed by atoms with E-state index in [1.165, 1.54) is 11.1 Å². The van der Waals surface area contributed by atoms with Crippen molar-refractivity contribution in [3.8, 4) is 0 Å². The van der Waals surface area contributed by atoms with Crippen LogP contribution in [0.25, 0.3) is 0 Å². The van der Waals surface area contributed by atoms with Crippen LogP contribution in [0.4, 0.5) is 0 Å². The molecule has 1 heterocycles. The Bertz CT molecular complexity index is 763. The van der Waals surface area contributed by atoms with Crippen LogP contribution in [0.5, 0.6) is 0 Å². The second kappa shape index (κ2) is 9.27. The number of nitrogens with zero attached hydrogens (tertiary/aromatic N) is 2. The average molecular weight is 391 g/mol. The number of aryl methyl sites for hydroxylation is 2. The summed E-state index contributed by atoms with van der Waals surface area (Å²) in [5.41, 5.74) is 3.42. The molecule has 0 fully saturated rings. The topological polar surface area (TPSA) is 62.5 Å². The van der Waals surface area contributed by atoms with Gasteiger partial charge in [-0.25, -0.2) is 0 Å². The normalized spacial score (nSPS) is 13.5. The molecule has 2 aromatic rings. The molecule has 0 saturated carbocycles. The van der Waals surface area contributed by atoms with Crippen molar-refractivity contribution in [3.05, 3.63) is 51.9 Å². The van der Waals surface area contributed by atoms with E-state index in [9.17, 15) is 0 Å². The molecule has 0 aliphatic carbocycles. The SMILES string of the molecule is CN=C(NCC(C)c1c(C)noc1C)NCC(C)(C)Cc1cccc(Cl)c1. The average Bonchev–Trinajstić information content (AvgIpc) is 2.93. The summed E-state index contributed by atoms with van der Waals surface area (Å²) in [6.45, 7) is 12.1. The van der Waals surface area contributed by atoms with E-state index in [1.807, 2.05) is 32.0 Å². The van der Waals surface area contributed by atoms with Gasteiger partial charge in [0.15, 0.2) is 5.96 Å². The van der Waals surface area contributed by atoms with Crippen LogP contribution >= 0.6 is 11.6 Å². The Kier molecular flexibility index (Phi) is 7.31.